The highest BCUT2D eigenvalue weighted by Crippen LogP contribution is 2.46. The van der Waals surface area contributed by atoms with Crippen LogP contribution < -0.4 is 5.32 Å². The fourth-order valence-corrected chi connectivity index (χ4v) is 4.80. The average molecular weight is 250 g/mol. The second-order valence-corrected chi connectivity index (χ2v) is 7.09. The number of hydrogen-bond acceptors (Lipinski definition) is 2. The molecular formula is C16H30N2. The van der Waals surface area contributed by atoms with Crippen molar-refractivity contribution in [2.75, 3.05) is 26.7 Å². The Kier molecular flexibility index (Phi) is 3.95. The van der Waals surface area contributed by atoms with E-state index in [9.17, 15) is 0 Å². The van der Waals surface area contributed by atoms with Gasteiger partial charge in [0.15, 0.2) is 0 Å². The Hall–Kier alpha value is -0.0800. The van der Waals surface area contributed by atoms with E-state index in [1.54, 1.807) is 0 Å². The highest BCUT2D eigenvalue weighted by molar-refractivity contribution is 4.91. The van der Waals surface area contributed by atoms with E-state index in [0.717, 1.165) is 17.4 Å². The van der Waals surface area contributed by atoms with Gasteiger partial charge in [-0.3, -0.25) is 0 Å². The van der Waals surface area contributed by atoms with Gasteiger partial charge in [0, 0.05) is 12.6 Å². The van der Waals surface area contributed by atoms with Crippen LogP contribution in [0.4, 0.5) is 0 Å². The molecule has 0 aromatic heterocycles. The van der Waals surface area contributed by atoms with Gasteiger partial charge in [-0.2, -0.15) is 0 Å². The Morgan fingerprint density at radius 3 is 2.39 bits per heavy atom. The van der Waals surface area contributed by atoms with Crippen LogP contribution in [0.1, 0.15) is 57.8 Å². The lowest BCUT2D eigenvalue weighted by atomic mass is 9.77. The molecule has 1 spiro atoms. The molecule has 104 valence electrons. The predicted molar refractivity (Wildman–Crippen MR) is 76.8 cm³/mol. The number of nitrogens with one attached hydrogen (secondary N) is 1. The van der Waals surface area contributed by atoms with Crippen molar-refractivity contribution in [1.82, 2.24) is 10.2 Å². The third-order valence-electron chi connectivity index (χ3n) is 6.10. The molecule has 2 saturated carbocycles. The fraction of sp³-hybridized carbons (Fsp3) is 1.00. The second kappa shape index (κ2) is 5.50. The summed E-state index contributed by atoms with van der Waals surface area (Å²) in [6.45, 7) is 4.13. The Bertz CT molecular complexity index is 260. The zero-order valence-corrected chi connectivity index (χ0v) is 12.1. The van der Waals surface area contributed by atoms with Crippen LogP contribution in [-0.2, 0) is 0 Å². The van der Waals surface area contributed by atoms with Crippen LogP contribution in [0.2, 0.25) is 0 Å². The Morgan fingerprint density at radius 1 is 1.00 bits per heavy atom. The van der Waals surface area contributed by atoms with E-state index in [4.69, 9.17) is 0 Å². The van der Waals surface area contributed by atoms with Gasteiger partial charge < -0.3 is 10.2 Å². The maximum Gasteiger partial charge on any atom is 0.0104 e. The van der Waals surface area contributed by atoms with Gasteiger partial charge in [-0.15, -0.1) is 0 Å². The molecule has 0 radical (unpaired) electrons. The molecule has 2 aliphatic carbocycles. The number of hydrogen-bond donors (Lipinski definition) is 1. The van der Waals surface area contributed by atoms with E-state index in [-0.39, 0.29) is 0 Å². The minimum Gasteiger partial charge on any atom is -0.317 e. The third kappa shape index (κ3) is 2.60. The van der Waals surface area contributed by atoms with E-state index in [0.29, 0.717) is 0 Å². The van der Waals surface area contributed by atoms with Crippen LogP contribution in [0.5, 0.6) is 0 Å². The van der Waals surface area contributed by atoms with E-state index >= 15 is 0 Å². The molecule has 3 fully saturated rings. The number of rotatable bonds is 3. The molecule has 1 N–H and O–H groups in total. The first kappa shape index (κ1) is 12.9. The largest absolute Gasteiger partial charge is 0.317 e. The number of nitrogens with zero attached hydrogens (tertiary/aromatic N) is 1. The van der Waals surface area contributed by atoms with Crippen molar-refractivity contribution in [3.05, 3.63) is 0 Å². The van der Waals surface area contributed by atoms with Crippen LogP contribution in [0.3, 0.4) is 0 Å². The van der Waals surface area contributed by atoms with Gasteiger partial charge in [-0.1, -0.05) is 19.3 Å². The summed E-state index contributed by atoms with van der Waals surface area (Å²) < 4.78 is 0. The average Bonchev–Trinajstić information content (AvgIpc) is 3.02. The van der Waals surface area contributed by atoms with Crippen molar-refractivity contribution >= 4 is 0 Å². The Morgan fingerprint density at radius 2 is 1.72 bits per heavy atom. The molecule has 0 amide bonds. The SMILES string of the molecule is CNC1CCCC1CN1CCC2(CCCC2)CC1. The van der Waals surface area contributed by atoms with Crippen molar-refractivity contribution < 1.29 is 0 Å². The third-order valence-corrected chi connectivity index (χ3v) is 6.10. The molecular weight excluding hydrogens is 220 g/mol. The molecule has 1 aliphatic heterocycles. The molecule has 3 rings (SSSR count). The molecule has 0 bridgehead atoms. The molecule has 2 heteroatoms. The number of likely N-dealkylation sites (tertiary alicyclic amines) is 1. The predicted octanol–water partition coefficient (Wildman–Crippen LogP) is 3.03. The molecule has 1 heterocycles. The molecule has 18 heavy (non-hydrogen) atoms. The maximum absolute atomic E-state index is 3.53. The second-order valence-electron chi connectivity index (χ2n) is 7.09. The van der Waals surface area contributed by atoms with E-state index in [1.807, 2.05) is 0 Å². The minimum absolute atomic E-state index is 0.786. The van der Waals surface area contributed by atoms with Crippen molar-refractivity contribution in [3.63, 3.8) is 0 Å². The van der Waals surface area contributed by atoms with Gasteiger partial charge in [-0.05, 0) is 70.0 Å². The fourth-order valence-electron chi connectivity index (χ4n) is 4.80. The summed E-state index contributed by atoms with van der Waals surface area (Å²) >= 11 is 0. The molecule has 0 aromatic rings. The first-order valence-corrected chi connectivity index (χ1v) is 8.21. The first-order chi connectivity index (χ1) is 8.81. The summed E-state index contributed by atoms with van der Waals surface area (Å²) in [5, 5.41) is 3.53. The van der Waals surface area contributed by atoms with Gasteiger partial charge in [0.1, 0.15) is 0 Å². The minimum atomic E-state index is 0.786. The molecule has 2 nitrogen and oxygen atoms in total. The molecule has 0 aromatic carbocycles. The standard InChI is InChI=1S/C16H30N2/c1-17-15-6-4-5-14(15)13-18-11-9-16(10-12-18)7-2-3-8-16/h14-15,17H,2-13H2,1H3. The molecule has 1 saturated heterocycles. The quantitative estimate of drug-likeness (QED) is 0.828. The molecule has 3 aliphatic rings. The van der Waals surface area contributed by atoms with Crippen molar-refractivity contribution in [1.29, 1.82) is 0 Å². The molecule has 2 unspecified atom stereocenters. The Labute approximate surface area is 113 Å². The van der Waals surface area contributed by atoms with E-state index in [2.05, 4.69) is 17.3 Å². The monoisotopic (exact) mass is 250 g/mol. The first-order valence-electron chi connectivity index (χ1n) is 8.21. The summed E-state index contributed by atoms with van der Waals surface area (Å²) in [5.41, 5.74) is 0.786. The zero-order valence-electron chi connectivity index (χ0n) is 12.1. The van der Waals surface area contributed by atoms with Gasteiger partial charge in [-0.25, -0.2) is 0 Å². The van der Waals surface area contributed by atoms with E-state index in [1.165, 1.54) is 77.4 Å². The van der Waals surface area contributed by atoms with Crippen LogP contribution in [-0.4, -0.2) is 37.6 Å². The van der Waals surface area contributed by atoms with Gasteiger partial charge in [0.2, 0.25) is 0 Å². The van der Waals surface area contributed by atoms with Gasteiger partial charge >= 0.3 is 0 Å². The van der Waals surface area contributed by atoms with Crippen molar-refractivity contribution in [2.24, 2.45) is 11.3 Å². The zero-order chi connectivity index (χ0) is 12.4. The lowest BCUT2D eigenvalue weighted by Gasteiger charge is -2.40. The Balaban J connectivity index is 1.48. The van der Waals surface area contributed by atoms with Gasteiger partial charge in [0.25, 0.3) is 0 Å². The molecule has 2 atom stereocenters. The highest BCUT2D eigenvalue weighted by atomic mass is 15.1. The summed E-state index contributed by atoms with van der Waals surface area (Å²) in [6.07, 6.45) is 13.3. The highest BCUT2D eigenvalue weighted by Gasteiger charge is 2.37. The maximum atomic E-state index is 3.53. The summed E-state index contributed by atoms with van der Waals surface area (Å²) in [5.74, 6) is 0.924. The number of piperidine rings is 1. The van der Waals surface area contributed by atoms with Crippen LogP contribution in [0.15, 0.2) is 0 Å². The van der Waals surface area contributed by atoms with Crippen molar-refractivity contribution in [3.8, 4) is 0 Å². The summed E-state index contributed by atoms with van der Waals surface area (Å²) in [6, 6.07) is 0.798. The summed E-state index contributed by atoms with van der Waals surface area (Å²) in [4.78, 5) is 2.77. The lowest BCUT2D eigenvalue weighted by molar-refractivity contribution is 0.0929. The van der Waals surface area contributed by atoms with Crippen LogP contribution in [0.25, 0.3) is 0 Å². The van der Waals surface area contributed by atoms with Crippen LogP contribution >= 0.6 is 0 Å². The van der Waals surface area contributed by atoms with E-state index < -0.39 is 0 Å². The van der Waals surface area contributed by atoms with Crippen molar-refractivity contribution in [2.45, 2.75) is 63.8 Å². The summed E-state index contributed by atoms with van der Waals surface area (Å²) in [7, 11) is 2.15. The normalized spacial score (nSPS) is 36.5. The van der Waals surface area contributed by atoms with Crippen LogP contribution in [0, 0.1) is 11.3 Å². The lowest BCUT2D eigenvalue weighted by Crippen LogP contribution is -2.43. The smallest absolute Gasteiger partial charge is 0.0104 e. The van der Waals surface area contributed by atoms with Gasteiger partial charge in [0.05, 0.1) is 0 Å². The topological polar surface area (TPSA) is 15.3 Å².